The molecule has 0 saturated heterocycles. The van der Waals surface area contributed by atoms with Crippen molar-refractivity contribution in [2.75, 3.05) is 0 Å². The highest BCUT2D eigenvalue weighted by Gasteiger charge is 2.22. The van der Waals surface area contributed by atoms with Gasteiger partial charge in [0.1, 0.15) is 12.4 Å². The standard InChI is InChI=1S/C22H21NO2/c1-15-3-6-17(7-4-15)12-19(24)13-23-10-9-18-14-25-21-8-5-16(2)11-20(21)22(18)23/h3-11H,12-14H2,1-2H3. The monoisotopic (exact) mass is 331 g/mol. The predicted molar refractivity (Wildman–Crippen MR) is 98.8 cm³/mol. The van der Waals surface area contributed by atoms with Crippen LogP contribution >= 0.6 is 0 Å². The summed E-state index contributed by atoms with van der Waals surface area (Å²) in [5.74, 6) is 1.10. The van der Waals surface area contributed by atoms with Crippen molar-refractivity contribution in [3.8, 4) is 17.0 Å². The average Bonchev–Trinajstić information content (AvgIpc) is 3.00. The lowest BCUT2D eigenvalue weighted by atomic mass is 10.0. The molecular formula is C22H21NO2. The molecule has 2 heterocycles. The van der Waals surface area contributed by atoms with E-state index in [-0.39, 0.29) is 5.78 Å². The summed E-state index contributed by atoms with van der Waals surface area (Å²) < 4.78 is 7.89. The first-order valence-electron chi connectivity index (χ1n) is 8.59. The summed E-state index contributed by atoms with van der Waals surface area (Å²) in [4.78, 5) is 12.6. The van der Waals surface area contributed by atoms with Gasteiger partial charge in [0.2, 0.25) is 0 Å². The van der Waals surface area contributed by atoms with Crippen LogP contribution in [0.1, 0.15) is 22.3 Å². The van der Waals surface area contributed by atoms with E-state index in [0.29, 0.717) is 19.6 Å². The molecule has 0 saturated carbocycles. The number of Topliss-reactive ketones (excluding diaryl/α,β-unsaturated/α-hetero) is 1. The van der Waals surface area contributed by atoms with Gasteiger partial charge >= 0.3 is 0 Å². The highest BCUT2D eigenvalue weighted by Crippen LogP contribution is 2.38. The maximum Gasteiger partial charge on any atom is 0.156 e. The van der Waals surface area contributed by atoms with E-state index in [1.165, 1.54) is 11.1 Å². The summed E-state index contributed by atoms with van der Waals surface area (Å²) in [6.45, 7) is 5.07. The normalized spacial score (nSPS) is 12.2. The lowest BCUT2D eigenvalue weighted by Gasteiger charge is -2.21. The molecule has 0 atom stereocenters. The van der Waals surface area contributed by atoms with Gasteiger partial charge < -0.3 is 9.30 Å². The van der Waals surface area contributed by atoms with E-state index < -0.39 is 0 Å². The Kier molecular flexibility index (Phi) is 3.92. The average molecular weight is 331 g/mol. The van der Waals surface area contributed by atoms with Crippen LogP contribution in [-0.2, 0) is 24.4 Å². The lowest BCUT2D eigenvalue weighted by Crippen LogP contribution is -2.15. The second-order valence-corrected chi connectivity index (χ2v) is 6.81. The van der Waals surface area contributed by atoms with Gasteiger partial charge in [-0.05, 0) is 37.6 Å². The highest BCUT2D eigenvalue weighted by atomic mass is 16.5. The van der Waals surface area contributed by atoms with Crippen molar-refractivity contribution in [3.05, 3.63) is 77.0 Å². The summed E-state index contributed by atoms with van der Waals surface area (Å²) in [5.41, 5.74) is 6.80. The smallest absolute Gasteiger partial charge is 0.156 e. The molecule has 0 radical (unpaired) electrons. The van der Waals surface area contributed by atoms with Crippen molar-refractivity contribution in [2.24, 2.45) is 0 Å². The Morgan fingerprint density at radius 3 is 2.60 bits per heavy atom. The highest BCUT2D eigenvalue weighted by molar-refractivity contribution is 5.82. The minimum absolute atomic E-state index is 0.211. The topological polar surface area (TPSA) is 31.2 Å². The van der Waals surface area contributed by atoms with Crippen LogP contribution in [0.2, 0.25) is 0 Å². The fourth-order valence-electron chi connectivity index (χ4n) is 3.38. The summed E-state index contributed by atoms with van der Waals surface area (Å²) >= 11 is 0. The van der Waals surface area contributed by atoms with Crippen LogP contribution in [0.25, 0.3) is 11.3 Å². The fraction of sp³-hybridized carbons (Fsp3) is 0.227. The number of hydrogen-bond acceptors (Lipinski definition) is 2. The Morgan fingerprint density at radius 1 is 1.04 bits per heavy atom. The van der Waals surface area contributed by atoms with Crippen LogP contribution in [0.15, 0.2) is 54.7 Å². The molecule has 1 aromatic heterocycles. The summed E-state index contributed by atoms with van der Waals surface area (Å²) in [5, 5.41) is 0. The van der Waals surface area contributed by atoms with Crippen molar-refractivity contribution in [3.63, 3.8) is 0 Å². The number of aryl methyl sites for hydroxylation is 2. The van der Waals surface area contributed by atoms with E-state index in [9.17, 15) is 4.79 Å². The molecule has 1 aliphatic heterocycles. The third-order valence-corrected chi connectivity index (χ3v) is 4.69. The van der Waals surface area contributed by atoms with Crippen molar-refractivity contribution in [1.29, 1.82) is 0 Å². The molecule has 0 fully saturated rings. The van der Waals surface area contributed by atoms with Crippen LogP contribution in [0.4, 0.5) is 0 Å². The first kappa shape index (κ1) is 15.7. The van der Waals surface area contributed by atoms with Crippen molar-refractivity contribution >= 4 is 5.78 Å². The minimum atomic E-state index is 0.211. The zero-order chi connectivity index (χ0) is 17.4. The van der Waals surface area contributed by atoms with E-state index in [1.54, 1.807) is 0 Å². The second-order valence-electron chi connectivity index (χ2n) is 6.81. The first-order chi connectivity index (χ1) is 12.1. The number of carbonyl (C=O) groups is 1. The van der Waals surface area contributed by atoms with E-state index in [1.807, 2.05) is 24.4 Å². The van der Waals surface area contributed by atoms with Gasteiger partial charge in [-0.25, -0.2) is 0 Å². The molecule has 3 aromatic rings. The van der Waals surface area contributed by atoms with Gasteiger partial charge in [-0.2, -0.15) is 0 Å². The van der Waals surface area contributed by atoms with Crippen molar-refractivity contribution in [2.45, 2.75) is 33.4 Å². The SMILES string of the molecule is Cc1ccc(CC(=O)Cn2ccc3c2-c2cc(C)ccc2OC3)cc1. The van der Waals surface area contributed by atoms with E-state index in [2.05, 4.69) is 48.7 Å². The number of benzene rings is 2. The fourth-order valence-corrected chi connectivity index (χ4v) is 3.38. The maximum absolute atomic E-state index is 12.6. The third kappa shape index (κ3) is 3.10. The van der Waals surface area contributed by atoms with Crippen molar-refractivity contribution in [1.82, 2.24) is 4.57 Å². The molecule has 0 N–H and O–H groups in total. The molecule has 1 aliphatic rings. The largest absolute Gasteiger partial charge is 0.488 e. The molecular weight excluding hydrogens is 310 g/mol. The quantitative estimate of drug-likeness (QED) is 0.706. The van der Waals surface area contributed by atoms with Gasteiger partial charge in [0.15, 0.2) is 5.78 Å². The number of rotatable bonds is 4. The van der Waals surface area contributed by atoms with E-state index in [4.69, 9.17) is 4.74 Å². The van der Waals surface area contributed by atoms with Gasteiger partial charge in [-0.3, -0.25) is 4.79 Å². The van der Waals surface area contributed by atoms with Gasteiger partial charge in [-0.1, -0.05) is 41.5 Å². The second kappa shape index (κ2) is 6.25. The Hall–Kier alpha value is -2.81. The maximum atomic E-state index is 12.6. The lowest BCUT2D eigenvalue weighted by molar-refractivity contribution is -0.118. The molecule has 0 spiro atoms. The van der Waals surface area contributed by atoms with Gasteiger partial charge in [0, 0.05) is 23.7 Å². The van der Waals surface area contributed by atoms with Crippen LogP contribution < -0.4 is 4.74 Å². The molecule has 0 bridgehead atoms. The molecule has 126 valence electrons. The number of ketones is 1. The molecule has 0 amide bonds. The Balaban J connectivity index is 1.60. The zero-order valence-electron chi connectivity index (χ0n) is 14.6. The summed E-state index contributed by atoms with van der Waals surface area (Å²) in [7, 11) is 0. The van der Waals surface area contributed by atoms with E-state index >= 15 is 0 Å². The van der Waals surface area contributed by atoms with Crippen LogP contribution in [-0.4, -0.2) is 10.4 Å². The van der Waals surface area contributed by atoms with Crippen LogP contribution in [0, 0.1) is 13.8 Å². The van der Waals surface area contributed by atoms with Gasteiger partial charge in [0.05, 0.1) is 12.2 Å². The van der Waals surface area contributed by atoms with Crippen LogP contribution in [0.3, 0.4) is 0 Å². The molecule has 2 aromatic carbocycles. The minimum Gasteiger partial charge on any atom is -0.488 e. The summed E-state index contributed by atoms with van der Waals surface area (Å²) in [6, 6.07) is 16.4. The molecule has 0 aliphatic carbocycles. The number of hydrogen-bond donors (Lipinski definition) is 0. The third-order valence-electron chi connectivity index (χ3n) is 4.69. The number of aromatic nitrogens is 1. The molecule has 25 heavy (non-hydrogen) atoms. The number of fused-ring (bicyclic) bond motifs is 3. The van der Waals surface area contributed by atoms with Crippen molar-refractivity contribution < 1.29 is 9.53 Å². The van der Waals surface area contributed by atoms with Gasteiger partial charge in [-0.15, -0.1) is 0 Å². The van der Waals surface area contributed by atoms with E-state index in [0.717, 1.165) is 28.1 Å². The predicted octanol–water partition coefficient (Wildman–Crippen LogP) is 4.48. The van der Waals surface area contributed by atoms with Gasteiger partial charge in [0.25, 0.3) is 0 Å². The number of ether oxygens (including phenoxy) is 1. The zero-order valence-corrected chi connectivity index (χ0v) is 14.6. The molecule has 3 heteroatoms. The molecule has 3 nitrogen and oxygen atoms in total. The Bertz CT molecular complexity index is 935. The Morgan fingerprint density at radius 2 is 1.80 bits per heavy atom. The Labute approximate surface area is 147 Å². The molecule has 4 rings (SSSR count). The first-order valence-corrected chi connectivity index (χ1v) is 8.59. The van der Waals surface area contributed by atoms with Crippen LogP contribution in [0.5, 0.6) is 5.75 Å². The number of carbonyl (C=O) groups excluding carboxylic acids is 1. The summed E-state index contributed by atoms with van der Waals surface area (Å²) in [6.07, 6.45) is 2.46. The molecule has 0 unspecified atom stereocenters. The number of nitrogens with zero attached hydrogens (tertiary/aromatic N) is 1.